The molecule has 1 aromatic carbocycles. The molecule has 1 unspecified atom stereocenters. The first-order chi connectivity index (χ1) is 9.26. The Hall–Kier alpha value is -2.06. The summed E-state index contributed by atoms with van der Waals surface area (Å²) in [6.07, 6.45) is 1.40. The summed E-state index contributed by atoms with van der Waals surface area (Å²) >= 11 is 0. The van der Waals surface area contributed by atoms with Crippen molar-refractivity contribution in [3.63, 3.8) is 0 Å². The molecular formula is C14H19N3O2. The Morgan fingerprint density at radius 2 is 2.16 bits per heavy atom. The van der Waals surface area contributed by atoms with Gasteiger partial charge in [0.1, 0.15) is 6.61 Å². The minimum atomic E-state index is -0.476. The van der Waals surface area contributed by atoms with Crippen LogP contribution in [0.3, 0.4) is 0 Å². The number of carbonyl (C=O) groups is 1. The Balaban J connectivity index is 2.27. The van der Waals surface area contributed by atoms with Gasteiger partial charge in [0.2, 0.25) is 0 Å². The molecule has 0 aliphatic carbocycles. The SMILES string of the molecule is N#CCCCC(CN)NC(=O)OCc1ccccc1. The smallest absolute Gasteiger partial charge is 0.407 e. The summed E-state index contributed by atoms with van der Waals surface area (Å²) in [5, 5.41) is 11.2. The van der Waals surface area contributed by atoms with E-state index in [1.165, 1.54) is 0 Å². The molecule has 0 bridgehead atoms. The molecule has 1 amide bonds. The van der Waals surface area contributed by atoms with E-state index in [1.54, 1.807) is 0 Å². The van der Waals surface area contributed by atoms with Gasteiger partial charge < -0.3 is 15.8 Å². The van der Waals surface area contributed by atoms with Crippen LogP contribution < -0.4 is 11.1 Å². The van der Waals surface area contributed by atoms with E-state index < -0.39 is 6.09 Å². The maximum atomic E-state index is 11.6. The fraction of sp³-hybridized carbons (Fsp3) is 0.429. The van der Waals surface area contributed by atoms with Crippen molar-refractivity contribution in [2.75, 3.05) is 6.54 Å². The zero-order valence-corrected chi connectivity index (χ0v) is 10.8. The lowest BCUT2D eigenvalue weighted by atomic mass is 10.1. The maximum Gasteiger partial charge on any atom is 0.407 e. The van der Waals surface area contributed by atoms with Crippen molar-refractivity contribution in [3.8, 4) is 6.07 Å². The number of hydrogen-bond donors (Lipinski definition) is 2. The molecule has 19 heavy (non-hydrogen) atoms. The van der Waals surface area contributed by atoms with Crippen molar-refractivity contribution >= 4 is 6.09 Å². The molecule has 102 valence electrons. The van der Waals surface area contributed by atoms with Gasteiger partial charge in [-0.25, -0.2) is 4.79 Å². The number of alkyl carbamates (subject to hydrolysis) is 1. The molecule has 0 heterocycles. The van der Waals surface area contributed by atoms with Crippen LogP contribution in [0.5, 0.6) is 0 Å². The lowest BCUT2D eigenvalue weighted by Crippen LogP contribution is -2.40. The lowest BCUT2D eigenvalue weighted by Gasteiger charge is -2.16. The summed E-state index contributed by atoms with van der Waals surface area (Å²) < 4.78 is 5.10. The van der Waals surface area contributed by atoms with Crippen LogP contribution in [0.1, 0.15) is 24.8 Å². The number of nitrogens with two attached hydrogens (primary N) is 1. The number of nitrogens with zero attached hydrogens (tertiary/aromatic N) is 1. The molecule has 1 rings (SSSR count). The van der Waals surface area contributed by atoms with Crippen molar-refractivity contribution in [2.24, 2.45) is 5.73 Å². The predicted octanol–water partition coefficient (Wildman–Crippen LogP) is 1.93. The number of rotatable bonds is 7. The van der Waals surface area contributed by atoms with Crippen LogP contribution in [0, 0.1) is 11.3 Å². The Kier molecular flexibility index (Phi) is 7.06. The topological polar surface area (TPSA) is 88.1 Å². The molecule has 3 N–H and O–H groups in total. The van der Waals surface area contributed by atoms with E-state index in [9.17, 15) is 4.79 Å². The molecule has 0 spiro atoms. The molecule has 5 nitrogen and oxygen atoms in total. The number of carbonyl (C=O) groups excluding carboxylic acids is 1. The fourth-order valence-electron chi connectivity index (χ4n) is 1.61. The van der Waals surface area contributed by atoms with Crippen molar-refractivity contribution in [1.29, 1.82) is 5.26 Å². The van der Waals surface area contributed by atoms with Gasteiger partial charge in [0.25, 0.3) is 0 Å². The molecule has 5 heteroatoms. The summed E-state index contributed by atoms with van der Waals surface area (Å²) in [4.78, 5) is 11.6. The molecule has 0 radical (unpaired) electrons. The van der Waals surface area contributed by atoms with Crippen molar-refractivity contribution in [2.45, 2.75) is 31.9 Å². The molecule has 0 saturated heterocycles. The van der Waals surface area contributed by atoms with Crippen LogP contribution in [-0.2, 0) is 11.3 Å². The third kappa shape index (κ3) is 6.43. The Morgan fingerprint density at radius 3 is 2.79 bits per heavy atom. The average Bonchev–Trinajstić information content (AvgIpc) is 2.45. The van der Waals surface area contributed by atoms with Gasteiger partial charge in [-0.05, 0) is 18.4 Å². The van der Waals surface area contributed by atoms with E-state index in [1.807, 2.05) is 30.3 Å². The van der Waals surface area contributed by atoms with Crippen LogP contribution in [-0.4, -0.2) is 18.7 Å². The number of unbranched alkanes of at least 4 members (excludes halogenated alkanes) is 1. The summed E-state index contributed by atoms with van der Waals surface area (Å²) in [6, 6.07) is 11.4. The normalized spacial score (nSPS) is 11.4. The first-order valence-corrected chi connectivity index (χ1v) is 6.30. The van der Waals surface area contributed by atoms with E-state index in [-0.39, 0.29) is 12.6 Å². The number of ether oxygens (including phenoxy) is 1. The lowest BCUT2D eigenvalue weighted by molar-refractivity contribution is 0.135. The van der Waals surface area contributed by atoms with E-state index in [2.05, 4.69) is 11.4 Å². The Morgan fingerprint density at radius 1 is 1.42 bits per heavy atom. The summed E-state index contributed by atoms with van der Waals surface area (Å²) in [7, 11) is 0. The third-order valence-electron chi connectivity index (χ3n) is 2.66. The minimum Gasteiger partial charge on any atom is -0.445 e. The number of nitriles is 1. The second-order valence-electron chi connectivity index (χ2n) is 4.19. The van der Waals surface area contributed by atoms with Gasteiger partial charge in [-0.15, -0.1) is 0 Å². The summed E-state index contributed by atoms with van der Waals surface area (Å²) in [5.74, 6) is 0. The zero-order chi connectivity index (χ0) is 13.9. The van der Waals surface area contributed by atoms with Crippen molar-refractivity contribution in [3.05, 3.63) is 35.9 Å². The van der Waals surface area contributed by atoms with E-state index in [4.69, 9.17) is 15.7 Å². The van der Waals surface area contributed by atoms with Crippen LogP contribution in [0.15, 0.2) is 30.3 Å². The second kappa shape index (κ2) is 8.95. The molecule has 1 aromatic rings. The van der Waals surface area contributed by atoms with Gasteiger partial charge in [-0.1, -0.05) is 30.3 Å². The molecule has 0 aliphatic rings. The van der Waals surface area contributed by atoms with Gasteiger partial charge >= 0.3 is 6.09 Å². The second-order valence-corrected chi connectivity index (χ2v) is 4.19. The van der Waals surface area contributed by atoms with Crippen LogP contribution in [0.4, 0.5) is 4.79 Å². The first-order valence-electron chi connectivity index (χ1n) is 6.30. The van der Waals surface area contributed by atoms with Crippen LogP contribution in [0.25, 0.3) is 0 Å². The minimum absolute atomic E-state index is 0.142. The zero-order valence-electron chi connectivity index (χ0n) is 10.8. The quantitative estimate of drug-likeness (QED) is 0.734. The monoisotopic (exact) mass is 261 g/mol. The molecule has 0 aromatic heterocycles. The van der Waals surface area contributed by atoms with Gasteiger partial charge in [-0.2, -0.15) is 5.26 Å². The fourth-order valence-corrected chi connectivity index (χ4v) is 1.61. The highest BCUT2D eigenvalue weighted by Gasteiger charge is 2.11. The highest BCUT2D eigenvalue weighted by Crippen LogP contribution is 2.02. The van der Waals surface area contributed by atoms with E-state index in [0.717, 1.165) is 12.0 Å². The van der Waals surface area contributed by atoms with Crippen LogP contribution >= 0.6 is 0 Å². The number of hydrogen-bond acceptors (Lipinski definition) is 4. The summed E-state index contributed by atoms with van der Waals surface area (Å²) in [5.41, 5.74) is 6.49. The van der Waals surface area contributed by atoms with Crippen molar-refractivity contribution < 1.29 is 9.53 Å². The number of benzene rings is 1. The molecule has 1 atom stereocenters. The predicted molar refractivity (Wildman–Crippen MR) is 72.1 cm³/mol. The van der Waals surface area contributed by atoms with Crippen LogP contribution in [0.2, 0.25) is 0 Å². The first kappa shape index (κ1) is 15.0. The highest BCUT2D eigenvalue weighted by atomic mass is 16.5. The molecule has 0 saturated carbocycles. The van der Waals surface area contributed by atoms with E-state index in [0.29, 0.717) is 19.4 Å². The van der Waals surface area contributed by atoms with Gasteiger partial charge in [0.05, 0.1) is 6.07 Å². The Labute approximate surface area is 113 Å². The third-order valence-corrected chi connectivity index (χ3v) is 2.66. The average molecular weight is 261 g/mol. The summed E-state index contributed by atoms with van der Waals surface area (Å²) in [6.45, 7) is 0.577. The number of nitrogens with one attached hydrogen (secondary N) is 1. The molecule has 0 fully saturated rings. The highest BCUT2D eigenvalue weighted by molar-refractivity contribution is 5.67. The standard InChI is InChI=1S/C14H19N3O2/c15-9-5-4-8-13(10-16)17-14(18)19-11-12-6-2-1-3-7-12/h1-3,6-7,13H,4-5,8,10-11,16H2,(H,17,18). The Bertz CT molecular complexity index is 414. The number of amides is 1. The largest absolute Gasteiger partial charge is 0.445 e. The van der Waals surface area contributed by atoms with E-state index >= 15 is 0 Å². The molecule has 0 aliphatic heterocycles. The van der Waals surface area contributed by atoms with Gasteiger partial charge in [-0.3, -0.25) is 0 Å². The van der Waals surface area contributed by atoms with Gasteiger partial charge in [0.15, 0.2) is 0 Å². The van der Waals surface area contributed by atoms with Gasteiger partial charge in [0, 0.05) is 19.0 Å². The maximum absolute atomic E-state index is 11.6. The van der Waals surface area contributed by atoms with Crippen molar-refractivity contribution in [1.82, 2.24) is 5.32 Å². The molecular weight excluding hydrogens is 242 g/mol.